The van der Waals surface area contributed by atoms with E-state index >= 15 is 0 Å². The van der Waals surface area contributed by atoms with Crippen molar-refractivity contribution in [3.8, 4) is 0 Å². The molecule has 0 amide bonds. The van der Waals surface area contributed by atoms with E-state index in [-0.39, 0.29) is 5.82 Å². The number of benzene rings is 1. The molecule has 0 aliphatic carbocycles. The van der Waals surface area contributed by atoms with Crippen molar-refractivity contribution in [2.24, 2.45) is 5.92 Å². The molecule has 0 bridgehead atoms. The van der Waals surface area contributed by atoms with E-state index in [1.54, 1.807) is 6.07 Å². The lowest BCUT2D eigenvalue weighted by Gasteiger charge is -2.08. The van der Waals surface area contributed by atoms with Gasteiger partial charge in [0.05, 0.1) is 0 Å². The average molecular weight is 300 g/mol. The van der Waals surface area contributed by atoms with Crippen LogP contribution in [0.4, 0.5) is 4.39 Å². The first kappa shape index (κ1) is 14.4. The summed E-state index contributed by atoms with van der Waals surface area (Å²) in [5.74, 6) is 0.436. The van der Waals surface area contributed by atoms with E-state index < -0.39 is 0 Å². The van der Waals surface area contributed by atoms with Crippen molar-refractivity contribution in [2.45, 2.75) is 20.8 Å². The maximum atomic E-state index is 13.1. The third-order valence-corrected chi connectivity index (χ3v) is 3.04. The lowest BCUT2D eigenvalue weighted by molar-refractivity contribution is 0.572. The molecular weight excluding hydrogens is 281 g/mol. The van der Waals surface area contributed by atoms with Crippen molar-refractivity contribution >= 4 is 22.0 Å². The van der Waals surface area contributed by atoms with Gasteiger partial charge in [-0.25, -0.2) is 4.39 Å². The van der Waals surface area contributed by atoms with Gasteiger partial charge in [0.1, 0.15) is 5.82 Å². The van der Waals surface area contributed by atoms with Crippen molar-refractivity contribution in [1.82, 2.24) is 5.32 Å². The Hall–Kier alpha value is -0.670. The molecule has 0 aromatic heterocycles. The minimum Gasteiger partial charge on any atom is -0.313 e. The number of nitrogens with one attached hydrogen (secondary N) is 1. The fraction of sp³-hybridized carbons (Fsp3) is 0.429. The van der Waals surface area contributed by atoms with Crippen LogP contribution in [0.15, 0.2) is 28.2 Å². The quantitative estimate of drug-likeness (QED) is 0.857. The van der Waals surface area contributed by atoms with E-state index in [0.717, 1.165) is 23.1 Å². The predicted octanol–water partition coefficient (Wildman–Crippen LogP) is 4.24. The summed E-state index contributed by atoms with van der Waals surface area (Å²) in [7, 11) is 0. The first-order chi connectivity index (χ1) is 7.99. The molecule has 3 heteroatoms. The van der Waals surface area contributed by atoms with E-state index in [1.807, 2.05) is 13.0 Å². The molecule has 0 saturated carbocycles. The van der Waals surface area contributed by atoms with E-state index in [4.69, 9.17) is 0 Å². The number of rotatable bonds is 5. The molecule has 94 valence electrons. The third-order valence-electron chi connectivity index (χ3n) is 2.32. The van der Waals surface area contributed by atoms with Gasteiger partial charge in [0.25, 0.3) is 0 Å². The summed E-state index contributed by atoms with van der Waals surface area (Å²) >= 11 is 3.42. The van der Waals surface area contributed by atoms with Crippen LogP contribution in [-0.2, 0) is 0 Å². The van der Waals surface area contributed by atoms with Crippen LogP contribution in [0.1, 0.15) is 26.3 Å². The second kappa shape index (κ2) is 6.92. The van der Waals surface area contributed by atoms with Gasteiger partial charge >= 0.3 is 0 Å². The molecule has 0 radical (unpaired) electrons. The highest BCUT2D eigenvalue weighted by molar-refractivity contribution is 9.10. The first-order valence-corrected chi connectivity index (χ1v) is 6.61. The molecule has 1 nitrogen and oxygen atoms in total. The highest BCUT2D eigenvalue weighted by Crippen LogP contribution is 2.20. The van der Waals surface area contributed by atoms with Gasteiger partial charge in [-0.1, -0.05) is 41.4 Å². The molecule has 1 aromatic rings. The summed E-state index contributed by atoms with van der Waals surface area (Å²) in [4.78, 5) is 0. The summed E-state index contributed by atoms with van der Waals surface area (Å²) in [5.41, 5.74) is 2.07. The van der Waals surface area contributed by atoms with Crippen LogP contribution in [0.2, 0.25) is 0 Å². The fourth-order valence-electron chi connectivity index (χ4n) is 1.50. The van der Waals surface area contributed by atoms with Gasteiger partial charge < -0.3 is 5.32 Å². The number of hydrogen-bond donors (Lipinski definition) is 1. The van der Waals surface area contributed by atoms with Gasteiger partial charge in [0.15, 0.2) is 0 Å². The third kappa shape index (κ3) is 5.46. The Morgan fingerprint density at radius 2 is 2.18 bits per heavy atom. The molecule has 1 N–H and O–H groups in total. The monoisotopic (exact) mass is 299 g/mol. The Morgan fingerprint density at radius 1 is 1.47 bits per heavy atom. The van der Waals surface area contributed by atoms with Crippen LogP contribution < -0.4 is 5.32 Å². The molecule has 0 atom stereocenters. The topological polar surface area (TPSA) is 12.0 Å². The zero-order valence-corrected chi connectivity index (χ0v) is 12.1. The zero-order valence-electron chi connectivity index (χ0n) is 10.6. The van der Waals surface area contributed by atoms with Crippen LogP contribution in [0, 0.1) is 11.7 Å². The highest BCUT2D eigenvalue weighted by atomic mass is 79.9. The molecule has 17 heavy (non-hydrogen) atoms. The van der Waals surface area contributed by atoms with E-state index in [9.17, 15) is 4.39 Å². The van der Waals surface area contributed by atoms with E-state index in [0.29, 0.717) is 5.92 Å². The second-order valence-electron chi connectivity index (χ2n) is 4.68. The SMILES string of the molecule is C/C(=C\c1cc(F)ccc1Br)CNCC(C)C. The van der Waals surface area contributed by atoms with E-state index in [1.165, 1.54) is 17.7 Å². The Balaban J connectivity index is 2.63. The van der Waals surface area contributed by atoms with Gasteiger partial charge in [0.2, 0.25) is 0 Å². The summed E-state index contributed by atoms with van der Waals surface area (Å²) < 4.78 is 14.0. The van der Waals surface area contributed by atoms with Gasteiger partial charge in [-0.3, -0.25) is 0 Å². The van der Waals surface area contributed by atoms with Gasteiger partial charge in [-0.05, 0) is 43.1 Å². The minimum absolute atomic E-state index is 0.206. The molecule has 1 aromatic carbocycles. The maximum Gasteiger partial charge on any atom is 0.123 e. The Kier molecular flexibility index (Phi) is 5.86. The largest absolute Gasteiger partial charge is 0.313 e. The van der Waals surface area contributed by atoms with Crippen LogP contribution in [0.25, 0.3) is 6.08 Å². The molecule has 0 heterocycles. The van der Waals surface area contributed by atoms with Crippen molar-refractivity contribution in [3.63, 3.8) is 0 Å². The lowest BCUT2D eigenvalue weighted by atomic mass is 10.1. The summed E-state index contributed by atoms with van der Waals surface area (Å²) in [5, 5.41) is 3.36. The Labute approximate surface area is 111 Å². The number of hydrogen-bond acceptors (Lipinski definition) is 1. The molecule has 0 aliphatic rings. The predicted molar refractivity (Wildman–Crippen MR) is 75.5 cm³/mol. The van der Waals surface area contributed by atoms with Crippen LogP contribution in [-0.4, -0.2) is 13.1 Å². The summed E-state index contributed by atoms with van der Waals surface area (Å²) in [6, 6.07) is 4.72. The van der Waals surface area contributed by atoms with Gasteiger partial charge in [-0.15, -0.1) is 0 Å². The molecule has 0 aliphatic heterocycles. The second-order valence-corrected chi connectivity index (χ2v) is 5.54. The van der Waals surface area contributed by atoms with E-state index in [2.05, 4.69) is 35.1 Å². The van der Waals surface area contributed by atoms with Gasteiger partial charge in [-0.2, -0.15) is 0 Å². The van der Waals surface area contributed by atoms with Crippen LogP contribution in [0.5, 0.6) is 0 Å². The summed E-state index contributed by atoms with van der Waals surface area (Å²) in [6.07, 6.45) is 2.00. The number of halogens is 2. The molecular formula is C14H19BrFN. The molecule has 0 unspecified atom stereocenters. The molecule has 0 saturated heterocycles. The standard InChI is InChI=1S/C14H19BrFN/c1-10(2)8-17-9-11(3)6-12-7-13(16)4-5-14(12)15/h4-7,10,17H,8-9H2,1-3H3/b11-6+. The smallest absolute Gasteiger partial charge is 0.123 e. The normalized spacial score (nSPS) is 12.2. The van der Waals surface area contributed by atoms with Crippen molar-refractivity contribution in [3.05, 3.63) is 39.6 Å². The van der Waals surface area contributed by atoms with Crippen LogP contribution >= 0.6 is 15.9 Å². The first-order valence-electron chi connectivity index (χ1n) is 5.82. The van der Waals surface area contributed by atoms with Gasteiger partial charge in [0, 0.05) is 11.0 Å². The summed E-state index contributed by atoms with van der Waals surface area (Å²) in [6.45, 7) is 8.23. The van der Waals surface area contributed by atoms with Crippen LogP contribution in [0.3, 0.4) is 0 Å². The minimum atomic E-state index is -0.206. The van der Waals surface area contributed by atoms with Crippen molar-refractivity contribution < 1.29 is 4.39 Å². The highest BCUT2D eigenvalue weighted by Gasteiger charge is 2.00. The Bertz CT molecular complexity index is 399. The van der Waals surface area contributed by atoms with Crippen molar-refractivity contribution in [1.29, 1.82) is 0 Å². The molecule has 0 spiro atoms. The maximum absolute atomic E-state index is 13.1. The zero-order chi connectivity index (χ0) is 12.8. The van der Waals surface area contributed by atoms with Crippen molar-refractivity contribution in [2.75, 3.05) is 13.1 Å². The Morgan fingerprint density at radius 3 is 2.82 bits per heavy atom. The average Bonchev–Trinajstić information content (AvgIpc) is 2.23. The lowest BCUT2D eigenvalue weighted by Crippen LogP contribution is -2.21. The fourth-order valence-corrected chi connectivity index (χ4v) is 1.86. The molecule has 0 fully saturated rings. The molecule has 1 rings (SSSR count).